The summed E-state index contributed by atoms with van der Waals surface area (Å²) in [4.78, 5) is 42.9. The van der Waals surface area contributed by atoms with Gasteiger partial charge in [-0.2, -0.15) is 0 Å². The fourth-order valence-electron chi connectivity index (χ4n) is 5.26. The fraction of sp³-hybridized carbons (Fsp3) is 0.316. The Hall–Kier alpha value is -2.19. The minimum atomic E-state index is -0.397. The van der Waals surface area contributed by atoms with Gasteiger partial charge >= 0.3 is 4.87 Å². The van der Waals surface area contributed by atoms with Gasteiger partial charge in [-0.3, -0.25) is 19.3 Å². The number of H-pyrrole nitrogens is 1. The number of imide groups is 1. The van der Waals surface area contributed by atoms with Gasteiger partial charge in [0, 0.05) is 5.25 Å². The monoisotopic (exact) mass is 400 g/mol. The third-order valence-corrected chi connectivity index (χ3v) is 8.63. The number of benzene rings is 1. The van der Waals surface area contributed by atoms with Gasteiger partial charge in [0.05, 0.1) is 27.4 Å². The van der Waals surface area contributed by atoms with Crippen LogP contribution < -0.4 is 9.77 Å². The number of thioether (sulfide) groups is 1. The Morgan fingerprint density at radius 2 is 1.81 bits per heavy atom. The van der Waals surface area contributed by atoms with E-state index in [0.29, 0.717) is 5.69 Å². The molecule has 2 aliphatic carbocycles. The Kier molecular flexibility index (Phi) is 3.05. The molecule has 2 amide bonds. The number of hydrogen-bond donors (Lipinski definition) is 1. The first-order valence-corrected chi connectivity index (χ1v) is 10.5. The first-order valence-electron chi connectivity index (χ1n) is 8.77. The highest BCUT2D eigenvalue weighted by atomic mass is 32.2. The summed E-state index contributed by atoms with van der Waals surface area (Å²) >= 11 is 2.80. The molecule has 136 valence electrons. The lowest BCUT2D eigenvalue weighted by Gasteiger charge is -2.32. The molecular formula is C19H13FN2O3S2. The minimum absolute atomic E-state index is 0.0461. The molecule has 1 saturated heterocycles. The van der Waals surface area contributed by atoms with E-state index in [0.717, 1.165) is 16.3 Å². The maximum atomic E-state index is 13.2. The smallest absolute Gasteiger partial charge is 0.305 e. The van der Waals surface area contributed by atoms with Gasteiger partial charge in [0.15, 0.2) is 0 Å². The number of amides is 2. The molecule has 2 aliphatic heterocycles. The number of aromatic nitrogens is 1. The zero-order valence-electron chi connectivity index (χ0n) is 13.8. The maximum absolute atomic E-state index is 13.2. The molecule has 8 heteroatoms. The Labute approximate surface area is 161 Å². The van der Waals surface area contributed by atoms with Crippen molar-refractivity contribution < 1.29 is 14.0 Å². The third kappa shape index (κ3) is 1.97. The van der Waals surface area contributed by atoms with Crippen LogP contribution in [0.4, 0.5) is 10.1 Å². The van der Waals surface area contributed by atoms with E-state index in [4.69, 9.17) is 0 Å². The Morgan fingerprint density at radius 3 is 2.59 bits per heavy atom. The highest BCUT2D eigenvalue weighted by molar-refractivity contribution is 8.00. The van der Waals surface area contributed by atoms with E-state index in [1.165, 1.54) is 46.1 Å². The number of aromatic amines is 1. The second kappa shape index (κ2) is 5.20. The van der Waals surface area contributed by atoms with Crippen molar-refractivity contribution in [1.82, 2.24) is 4.98 Å². The quantitative estimate of drug-likeness (QED) is 0.748. The Morgan fingerprint density at radius 1 is 1.07 bits per heavy atom. The highest BCUT2D eigenvalue weighted by Crippen LogP contribution is 2.64. The van der Waals surface area contributed by atoms with Crippen molar-refractivity contribution in [3.63, 3.8) is 0 Å². The summed E-state index contributed by atoms with van der Waals surface area (Å²) in [5, 5.41) is 1.01. The molecular weight excluding hydrogens is 387 g/mol. The molecule has 6 rings (SSSR count). The van der Waals surface area contributed by atoms with Crippen LogP contribution in [0.3, 0.4) is 0 Å². The lowest BCUT2D eigenvalue weighted by atomic mass is 9.77. The molecule has 1 aromatic heterocycles. The molecule has 0 unspecified atom stereocenters. The maximum Gasteiger partial charge on any atom is 0.305 e. The van der Waals surface area contributed by atoms with E-state index >= 15 is 0 Å². The number of rotatable bonds is 1. The molecule has 0 radical (unpaired) electrons. The summed E-state index contributed by atoms with van der Waals surface area (Å²) < 4.78 is 13.2. The van der Waals surface area contributed by atoms with Crippen LogP contribution in [0.5, 0.6) is 0 Å². The number of carbonyl (C=O) groups is 2. The molecule has 3 heterocycles. The number of nitrogens with one attached hydrogen (secondary N) is 1. The van der Waals surface area contributed by atoms with Gasteiger partial charge in [0.25, 0.3) is 0 Å². The average molecular weight is 400 g/mol. The standard InChI is InChI=1S/C19H13FN2O3S2/c20-7-1-3-8(4-2-7)22-17(23)13-9-5-11(14(13)18(22)24)15-10(9)6-12-16(27-15)21-19(25)26-12/h1-4,6,9,11,13-15H,5H2,(H,21,25)/t9-,11+,13+,14+,15-/m0/s1. The van der Waals surface area contributed by atoms with E-state index in [2.05, 4.69) is 11.1 Å². The second-order valence-electron chi connectivity index (χ2n) is 7.44. The van der Waals surface area contributed by atoms with Crippen LogP contribution in [0.1, 0.15) is 11.3 Å². The predicted molar refractivity (Wildman–Crippen MR) is 100 cm³/mol. The molecule has 1 aromatic carbocycles. The number of halogens is 1. The van der Waals surface area contributed by atoms with Gasteiger partial charge in [-0.1, -0.05) is 28.7 Å². The summed E-state index contributed by atoms with van der Waals surface area (Å²) in [6.07, 6.45) is 2.89. The van der Waals surface area contributed by atoms with Crippen molar-refractivity contribution in [1.29, 1.82) is 0 Å². The van der Waals surface area contributed by atoms with Crippen LogP contribution in [0.15, 0.2) is 39.7 Å². The minimum Gasteiger partial charge on any atom is -0.307 e. The van der Waals surface area contributed by atoms with Crippen LogP contribution in [0.2, 0.25) is 0 Å². The first-order chi connectivity index (χ1) is 13.0. The van der Waals surface area contributed by atoms with Crippen LogP contribution in [0, 0.1) is 29.5 Å². The molecule has 5 atom stereocenters. The van der Waals surface area contributed by atoms with E-state index in [9.17, 15) is 18.8 Å². The molecule has 2 saturated carbocycles. The Balaban J connectivity index is 1.41. The van der Waals surface area contributed by atoms with Crippen molar-refractivity contribution in [2.45, 2.75) is 16.7 Å². The van der Waals surface area contributed by atoms with Crippen molar-refractivity contribution >= 4 is 46.7 Å². The van der Waals surface area contributed by atoms with Crippen LogP contribution in [-0.4, -0.2) is 22.0 Å². The first kappa shape index (κ1) is 15.8. The molecule has 2 aromatic rings. The number of carbonyl (C=O) groups excluding carboxylic acids is 2. The molecule has 27 heavy (non-hydrogen) atoms. The van der Waals surface area contributed by atoms with Gasteiger partial charge in [0.1, 0.15) is 5.82 Å². The number of thiazole rings is 1. The van der Waals surface area contributed by atoms with E-state index in [1.54, 1.807) is 11.8 Å². The van der Waals surface area contributed by atoms with Crippen LogP contribution in [-0.2, 0) is 9.59 Å². The van der Waals surface area contributed by atoms with Gasteiger partial charge < -0.3 is 4.98 Å². The second-order valence-corrected chi connectivity index (χ2v) is 9.60. The molecule has 4 aliphatic rings. The predicted octanol–water partition coefficient (Wildman–Crippen LogP) is 2.89. The summed E-state index contributed by atoms with van der Waals surface area (Å²) in [6.45, 7) is 0. The zero-order chi connectivity index (χ0) is 18.4. The van der Waals surface area contributed by atoms with Crippen molar-refractivity contribution in [2.24, 2.45) is 23.7 Å². The molecule has 0 spiro atoms. The average Bonchev–Trinajstić information content (AvgIpc) is 3.35. The van der Waals surface area contributed by atoms with Crippen molar-refractivity contribution in [3.8, 4) is 0 Å². The van der Waals surface area contributed by atoms with Crippen LogP contribution in [0.25, 0.3) is 6.08 Å². The number of nitrogens with zero attached hydrogens (tertiary/aromatic N) is 1. The zero-order valence-corrected chi connectivity index (χ0v) is 15.5. The van der Waals surface area contributed by atoms with E-state index < -0.39 is 5.82 Å². The topological polar surface area (TPSA) is 70.2 Å². The summed E-state index contributed by atoms with van der Waals surface area (Å²) in [5.74, 6) is -1.28. The van der Waals surface area contributed by atoms with Crippen LogP contribution >= 0.6 is 23.1 Å². The summed E-state index contributed by atoms with van der Waals surface area (Å²) in [7, 11) is 0. The lowest BCUT2D eigenvalue weighted by Crippen LogP contribution is -2.34. The van der Waals surface area contributed by atoms with E-state index in [1.807, 2.05) is 0 Å². The largest absolute Gasteiger partial charge is 0.307 e. The Bertz CT molecular complexity index is 1100. The molecule has 3 fully saturated rings. The normalized spacial score (nSPS) is 33.1. The number of hydrogen-bond acceptors (Lipinski definition) is 5. The molecule has 1 N–H and O–H groups in total. The van der Waals surface area contributed by atoms with Gasteiger partial charge in [0.2, 0.25) is 11.8 Å². The highest BCUT2D eigenvalue weighted by Gasteiger charge is 2.66. The van der Waals surface area contributed by atoms with Gasteiger partial charge in [-0.25, -0.2) is 4.39 Å². The van der Waals surface area contributed by atoms with Gasteiger partial charge in [-0.15, -0.1) is 0 Å². The summed E-state index contributed by atoms with van der Waals surface area (Å²) in [6, 6.07) is 5.51. The molecule has 2 bridgehead atoms. The van der Waals surface area contributed by atoms with E-state index in [-0.39, 0.29) is 45.6 Å². The lowest BCUT2D eigenvalue weighted by molar-refractivity contribution is -0.123. The summed E-state index contributed by atoms with van der Waals surface area (Å²) in [5.41, 5.74) is 1.63. The van der Waals surface area contributed by atoms with Crippen molar-refractivity contribution in [3.05, 3.63) is 50.2 Å². The molecule has 5 nitrogen and oxygen atoms in total. The van der Waals surface area contributed by atoms with Crippen molar-refractivity contribution in [2.75, 3.05) is 4.90 Å². The third-order valence-electron chi connectivity index (χ3n) is 6.23. The number of anilines is 1. The SMILES string of the molecule is O=C1[C@@H]2[C@H]3C[C@@H](C4=Cc5sc(=O)[nH]c5S[C@@H]43)[C@H]2C(=O)N1c1ccc(F)cc1. The fourth-order valence-corrected chi connectivity index (χ4v) is 7.70. The van der Waals surface area contributed by atoms with Gasteiger partial charge in [-0.05, 0) is 48.6 Å². The number of fused-ring (bicyclic) bond motifs is 9.